The fourth-order valence-electron chi connectivity index (χ4n) is 3.70. The van der Waals surface area contributed by atoms with E-state index < -0.39 is 5.97 Å². The highest BCUT2D eigenvalue weighted by Crippen LogP contribution is 2.44. The van der Waals surface area contributed by atoms with Crippen LogP contribution in [-0.2, 0) is 16.1 Å². The number of allylic oxidation sites excluding steroid dienone is 1. The maximum atomic E-state index is 11.0. The van der Waals surface area contributed by atoms with Crippen molar-refractivity contribution < 1.29 is 19.4 Å². The van der Waals surface area contributed by atoms with E-state index in [1.807, 2.05) is 24.3 Å². The highest BCUT2D eigenvalue weighted by atomic mass is 16.5. The smallest absolute Gasteiger partial charge is 0.307 e. The largest absolute Gasteiger partial charge is 0.497 e. The van der Waals surface area contributed by atoms with Gasteiger partial charge in [-0.15, -0.1) is 0 Å². The molecule has 0 aromatic heterocycles. The molecule has 0 bridgehead atoms. The summed E-state index contributed by atoms with van der Waals surface area (Å²) in [6, 6.07) is 12.3. The van der Waals surface area contributed by atoms with Crippen LogP contribution < -0.4 is 4.74 Å². The second kappa shape index (κ2) is 9.60. The quantitative estimate of drug-likeness (QED) is 0.490. The number of benzene rings is 2. The van der Waals surface area contributed by atoms with Gasteiger partial charge in [0.05, 0.1) is 19.2 Å². The van der Waals surface area contributed by atoms with Gasteiger partial charge in [-0.05, 0) is 66.3 Å². The van der Waals surface area contributed by atoms with Gasteiger partial charge in [-0.3, -0.25) is 14.8 Å². The van der Waals surface area contributed by atoms with Gasteiger partial charge in [0.25, 0.3) is 0 Å². The van der Waals surface area contributed by atoms with Crippen LogP contribution >= 0.6 is 0 Å². The van der Waals surface area contributed by atoms with Crippen LogP contribution in [0.25, 0.3) is 11.1 Å². The highest BCUT2D eigenvalue weighted by Gasteiger charge is 2.45. The van der Waals surface area contributed by atoms with Crippen LogP contribution in [0.3, 0.4) is 0 Å². The number of carboxylic acid groups (broad SMARTS) is 1. The van der Waals surface area contributed by atoms with Crippen LogP contribution in [0, 0.1) is 25.7 Å². The maximum Gasteiger partial charge on any atom is 0.307 e. The lowest BCUT2D eigenvalue weighted by molar-refractivity contribution is -0.138. The van der Waals surface area contributed by atoms with Gasteiger partial charge in [-0.2, -0.15) is 0 Å². The van der Waals surface area contributed by atoms with E-state index in [9.17, 15) is 4.79 Å². The fraction of sp³-hybridized carbons (Fsp3) is 0.320. The zero-order chi connectivity index (χ0) is 22.5. The van der Waals surface area contributed by atoms with Crippen LogP contribution in [0.4, 0.5) is 0 Å². The lowest BCUT2D eigenvalue weighted by Gasteiger charge is -2.14. The molecule has 0 radical (unpaired) electrons. The Balaban J connectivity index is 1.67. The van der Waals surface area contributed by atoms with Crippen LogP contribution in [0.2, 0.25) is 0 Å². The molecule has 2 aromatic rings. The SMILES string of the molecule is C=C(N=CC(=NC)OCc1cccc(-c2c(C)cc(OC)cc2C)c1)[C@H]1C[C@@H]1C(=O)O. The number of ether oxygens (including phenoxy) is 2. The first-order valence-corrected chi connectivity index (χ1v) is 10.1. The van der Waals surface area contributed by atoms with E-state index in [0.29, 0.717) is 24.6 Å². The van der Waals surface area contributed by atoms with E-state index in [1.165, 1.54) is 11.8 Å². The fourth-order valence-corrected chi connectivity index (χ4v) is 3.70. The Morgan fingerprint density at radius 1 is 1.23 bits per heavy atom. The standard InChI is InChI=1S/C25H28N2O4/c1-15-9-20(30-5)10-16(2)24(15)19-8-6-7-18(11-19)14-31-23(26-4)13-27-17(3)21-12-22(21)25(28)29/h6-11,13,21-22H,3,12,14H2,1-2,4-5H3,(H,28,29)/t21-,22+/m1/s1. The molecule has 31 heavy (non-hydrogen) atoms. The highest BCUT2D eigenvalue weighted by molar-refractivity contribution is 6.26. The molecule has 2 atom stereocenters. The summed E-state index contributed by atoms with van der Waals surface area (Å²) in [5.74, 6) is -0.0522. The Kier molecular flexibility index (Phi) is 6.90. The summed E-state index contributed by atoms with van der Waals surface area (Å²) < 4.78 is 11.2. The second-order valence-corrected chi connectivity index (χ2v) is 7.72. The number of carboxylic acids is 1. The summed E-state index contributed by atoms with van der Waals surface area (Å²) in [6.07, 6.45) is 2.09. The number of aryl methyl sites for hydroxylation is 2. The molecule has 1 aliphatic carbocycles. The number of hydrogen-bond donors (Lipinski definition) is 1. The number of aliphatic imine (C=N–C) groups is 2. The summed E-state index contributed by atoms with van der Waals surface area (Å²) in [4.78, 5) is 19.4. The van der Waals surface area contributed by atoms with E-state index in [0.717, 1.165) is 28.0 Å². The zero-order valence-electron chi connectivity index (χ0n) is 18.4. The molecule has 0 spiro atoms. The topological polar surface area (TPSA) is 80.5 Å². The molecular formula is C25H28N2O4. The molecule has 6 heteroatoms. The van der Waals surface area contributed by atoms with Crippen LogP contribution in [0.1, 0.15) is 23.1 Å². The van der Waals surface area contributed by atoms with Crippen molar-refractivity contribution in [1.82, 2.24) is 0 Å². The molecule has 0 unspecified atom stereocenters. The lowest BCUT2D eigenvalue weighted by Crippen LogP contribution is -2.07. The predicted molar refractivity (Wildman–Crippen MR) is 123 cm³/mol. The van der Waals surface area contributed by atoms with Crippen molar-refractivity contribution in [3.63, 3.8) is 0 Å². The molecule has 0 saturated heterocycles. The number of methoxy groups -OCH3 is 1. The average Bonchev–Trinajstić information content (AvgIpc) is 3.55. The zero-order valence-corrected chi connectivity index (χ0v) is 18.4. The third kappa shape index (κ3) is 5.40. The molecule has 1 saturated carbocycles. The predicted octanol–water partition coefficient (Wildman–Crippen LogP) is 4.83. The first-order valence-electron chi connectivity index (χ1n) is 10.1. The van der Waals surface area contributed by atoms with Crippen molar-refractivity contribution in [2.75, 3.05) is 14.2 Å². The summed E-state index contributed by atoms with van der Waals surface area (Å²) in [7, 11) is 3.30. The van der Waals surface area contributed by atoms with E-state index >= 15 is 0 Å². The molecule has 2 aromatic carbocycles. The van der Waals surface area contributed by atoms with E-state index in [4.69, 9.17) is 14.6 Å². The summed E-state index contributed by atoms with van der Waals surface area (Å²) in [5.41, 5.74) is 6.15. The first kappa shape index (κ1) is 22.3. The number of aliphatic carboxylic acids is 1. The molecular weight excluding hydrogens is 392 g/mol. The van der Waals surface area contributed by atoms with Crippen molar-refractivity contribution in [3.8, 4) is 16.9 Å². The van der Waals surface area contributed by atoms with E-state index in [1.54, 1.807) is 14.2 Å². The Bertz CT molecular complexity index is 1030. The summed E-state index contributed by atoms with van der Waals surface area (Å²) in [5, 5.41) is 9.02. The molecule has 0 aliphatic heterocycles. The number of carbonyl (C=O) groups is 1. The summed E-state index contributed by atoms with van der Waals surface area (Å²) in [6.45, 7) is 8.36. The Labute approximate surface area is 183 Å². The Morgan fingerprint density at radius 3 is 2.52 bits per heavy atom. The number of hydrogen-bond acceptors (Lipinski definition) is 5. The second-order valence-electron chi connectivity index (χ2n) is 7.72. The third-order valence-electron chi connectivity index (χ3n) is 5.44. The van der Waals surface area contributed by atoms with Gasteiger partial charge in [-0.1, -0.05) is 24.8 Å². The normalized spacial score (nSPS) is 18.1. The molecule has 1 fully saturated rings. The third-order valence-corrected chi connectivity index (χ3v) is 5.44. The van der Waals surface area contributed by atoms with Crippen LogP contribution in [0.5, 0.6) is 5.75 Å². The van der Waals surface area contributed by atoms with Crippen molar-refractivity contribution >= 4 is 18.1 Å². The maximum absolute atomic E-state index is 11.0. The minimum absolute atomic E-state index is 0.0977. The summed E-state index contributed by atoms with van der Waals surface area (Å²) >= 11 is 0. The molecule has 1 aliphatic rings. The monoisotopic (exact) mass is 420 g/mol. The molecule has 6 nitrogen and oxygen atoms in total. The van der Waals surface area contributed by atoms with E-state index in [-0.39, 0.29) is 11.8 Å². The molecule has 0 heterocycles. The first-order chi connectivity index (χ1) is 14.8. The Morgan fingerprint density at radius 2 is 1.94 bits per heavy atom. The van der Waals surface area contributed by atoms with Gasteiger partial charge in [0.2, 0.25) is 5.90 Å². The number of nitrogens with zero attached hydrogens (tertiary/aromatic N) is 2. The van der Waals surface area contributed by atoms with Crippen LogP contribution in [0.15, 0.2) is 58.7 Å². The van der Waals surface area contributed by atoms with Crippen molar-refractivity contribution in [2.45, 2.75) is 26.9 Å². The molecule has 1 N–H and O–H groups in total. The van der Waals surface area contributed by atoms with Gasteiger partial charge < -0.3 is 14.6 Å². The number of rotatable bonds is 8. The van der Waals surface area contributed by atoms with Gasteiger partial charge in [0.15, 0.2) is 0 Å². The van der Waals surface area contributed by atoms with E-state index in [2.05, 4.69) is 42.5 Å². The minimum atomic E-state index is -0.802. The Hall–Kier alpha value is -3.41. The average molecular weight is 421 g/mol. The van der Waals surface area contributed by atoms with Crippen molar-refractivity contribution in [2.24, 2.45) is 21.8 Å². The van der Waals surface area contributed by atoms with Crippen molar-refractivity contribution in [3.05, 3.63) is 65.4 Å². The van der Waals surface area contributed by atoms with Gasteiger partial charge >= 0.3 is 5.97 Å². The lowest BCUT2D eigenvalue weighted by atomic mass is 9.94. The molecule has 0 amide bonds. The van der Waals surface area contributed by atoms with Gasteiger partial charge in [-0.25, -0.2) is 0 Å². The minimum Gasteiger partial charge on any atom is -0.497 e. The van der Waals surface area contributed by atoms with Crippen LogP contribution in [-0.4, -0.2) is 37.3 Å². The molecule has 162 valence electrons. The molecule has 3 rings (SSSR count). The van der Waals surface area contributed by atoms with Crippen molar-refractivity contribution in [1.29, 1.82) is 0 Å². The van der Waals surface area contributed by atoms with Gasteiger partial charge in [0.1, 0.15) is 12.4 Å². The van der Waals surface area contributed by atoms with Gasteiger partial charge in [0, 0.05) is 18.7 Å².